The van der Waals surface area contributed by atoms with E-state index in [4.69, 9.17) is 9.73 Å². The zero-order chi connectivity index (χ0) is 20.3. The Hall–Kier alpha value is -2.97. The predicted octanol–water partition coefficient (Wildman–Crippen LogP) is 4.32. The van der Waals surface area contributed by atoms with E-state index in [-0.39, 0.29) is 5.91 Å². The van der Waals surface area contributed by atoms with Gasteiger partial charge in [0.1, 0.15) is 11.9 Å². The third-order valence-corrected chi connectivity index (χ3v) is 5.73. The second-order valence-electron chi connectivity index (χ2n) is 7.67. The Bertz CT molecular complexity index is 969. The Kier molecular flexibility index (Phi) is 5.46. The van der Waals surface area contributed by atoms with Crippen molar-refractivity contribution >= 4 is 11.7 Å². The second-order valence-corrected chi connectivity index (χ2v) is 7.67. The largest absolute Gasteiger partial charge is 0.378 e. The molecular formula is C24H25N3O2. The van der Waals surface area contributed by atoms with Gasteiger partial charge in [0.2, 0.25) is 0 Å². The van der Waals surface area contributed by atoms with Crippen molar-refractivity contribution in [3.05, 3.63) is 59.7 Å². The molecule has 1 spiro atoms. The smallest absolute Gasteiger partial charge is 0.258 e. The van der Waals surface area contributed by atoms with Crippen molar-refractivity contribution in [3.63, 3.8) is 0 Å². The van der Waals surface area contributed by atoms with Crippen molar-refractivity contribution in [2.75, 3.05) is 13.2 Å². The van der Waals surface area contributed by atoms with E-state index < -0.39 is 5.54 Å². The molecule has 0 radical (unpaired) electrons. The van der Waals surface area contributed by atoms with Gasteiger partial charge in [0.15, 0.2) is 5.54 Å². The molecule has 5 heteroatoms. The molecule has 2 aliphatic rings. The first kappa shape index (κ1) is 19.4. The average molecular weight is 387 g/mol. The summed E-state index contributed by atoms with van der Waals surface area (Å²) < 4.78 is 5.52. The van der Waals surface area contributed by atoms with Gasteiger partial charge < -0.3 is 4.74 Å². The molecule has 1 amide bonds. The fraction of sp³-hybridized carbons (Fsp3) is 0.375. The number of amides is 1. The van der Waals surface area contributed by atoms with Gasteiger partial charge in [0, 0.05) is 19.4 Å². The highest BCUT2D eigenvalue weighted by molar-refractivity contribution is 6.08. The predicted molar refractivity (Wildman–Crippen MR) is 112 cm³/mol. The quantitative estimate of drug-likeness (QED) is 0.742. The van der Waals surface area contributed by atoms with Gasteiger partial charge in [-0.05, 0) is 23.1 Å². The van der Waals surface area contributed by atoms with E-state index in [0.29, 0.717) is 31.7 Å². The van der Waals surface area contributed by atoms with E-state index in [9.17, 15) is 10.1 Å². The molecule has 4 rings (SSSR count). The van der Waals surface area contributed by atoms with E-state index in [1.54, 1.807) is 4.90 Å². The summed E-state index contributed by atoms with van der Waals surface area (Å²) in [4.78, 5) is 19.9. The highest BCUT2D eigenvalue weighted by Crippen LogP contribution is 2.34. The summed E-state index contributed by atoms with van der Waals surface area (Å²) in [7, 11) is 0. The van der Waals surface area contributed by atoms with Crippen molar-refractivity contribution in [3.8, 4) is 17.2 Å². The number of ether oxygens (including phenoxy) is 1. The maximum atomic E-state index is 13.3. The van der Waals surface area contributed by atoms with Crippen molar-refractivity contribution < 1.29 is 9.53 Å². The minimum Gasteiger partial charge on any atom is -0.378 e. The summed E-state index contributed by atoms with van der Waals surface area (Å²) >= 11 is 0. The van der Waals surface area contributed by atoms with Crippen LogP contribution in [-0.4, -0.2) is 35.4 Å². The number of unbranched alkanes of at least 4 members (excludes halogenated alkanes) is 1. The van der Waals surface area contributed by atoms with Crippen LogP contribution >= 0.6 is 0 Å². The van der Waals surface area contributed by atoms with Crippen molar-refractivity contribution in [1.29, 1.82) is 5.26 Å². The van der Waals surface area contributed by atoms with Gasteiger partial charge in [-0.2, -0.15) is 5.26 Å². The first-order chi connectivity index (χ1) is 14.2. The number of nitriles is 1. The summed E-state index contributed by atoms with van der Waals surface area (Å²) in [6.07, 6.45) is 3.42. The van der Waals surface area contributed by atoms with Gasteiger partial charge in [-0.25, -0.2) is 0 Å². The number of hydrogen-bond donors (Lipinski definition) is 0. The van der Waals surface area contributed by atoms with Crippen molar-refractivity contribution in [2.24, 2.45) is 4.99 Å². The monoisotopic (exact) mass is 387 g/mol. The van der Waals surface area contributed by atoms with Crippen LogP contribution in [-0.2, 0) is 16.1 Å². The van der Waals surface area contributed by atoms with Crippen LogP contribution in [0.1, 0.15) is 43.7 Å². The van der Waals surface area contributed by atoms with E-state index in [1.165, 1.54) is 0 Å². The standard InChI is InChI=1S/C24H25N3O2/c1-2-3-12-22-26-24(13-14-29-17-24)23(28)27(22)16-19-10-7-11-20(21(19)15-25)18-8-5-4-6-9-18/h4-11H,2-3,12-14,16-17H2,1H3. The lowest BCUT2D eigenvalue weighted by molar-refractivity contribution is -0.131. The highest BCUT2D eigenvalue weighted by Gasteiger charge is 2.50. The Morgan fingerprint density at radius 3 is 2.72 bits per heavy atom. The highest BCUT2D eigenvalue weighted by atomic mass is 16.5. The lowest BCUT2D eigenvalue weighted by Gasteiger charge is -2.23. The summed E-state index contributed by atoms with van der Waals surface area (Å²) in [6.45, 7) is 3.42. The molecule has 0 bridgehead atoms. The fourth-order valence-corrected chi connectivity index (χ4v) is 4.12. The third kappa shape index (κ3) is 3.56. The van der Waals surface area contributed by atoms with E-state index in [1.807, 2.05) is 48.5 Å². The molecule has 1 saturated heterocycles. The Morgan fingerprint density at radius 2 is 2.03 bits per heavy atom. The Labute approximate surface area is 171 Å². The van der Waals surface area contributed by atoms with Gasteiger partial charge in [0.25, 0.3) is 5.91 Å². The van der Waals surface area contributed by atoms with Crippen molar-refractivity contribution in [1.82, 2.24) is 4.90 Å². The van der Waals surface area contributed by atoms with Gasteiger partial charge >= 0.3 is 0 Å². The van der Waals surface area contributed by atoms with Crippen LogP contribution < -0.4 is 0 Å². The van der Waals surface area contributed by atoms with Crippen LogP contribution in [0.25, 0.3) is 11.1 Å². The number of benzene rings is 2. The molecule has 1 fully saturated rings. The molecule has 2 aromatic rings. The van der Waals surface area contributed by atoms with Gasteiger partial charge in [-0.15, -0.1) is 0 Å². The maximum Gasteiger partial charge on any atom is 0.258 e. The number of nitrogens with zero attached hydrogens (tertiary/aromatic N) is 3. The van der Waals surface area contributed by atoms with Gasteiger partial charge in [-0.3, -0.25) is 14.7 Å². The van der Waals surface area contributed by atoms with Crippen LogP contribution in [0.15, 0.2) is 53.5 Å². The van der Waals surface area contributed by atoms with Crippen LogP contribution in [0.3, 0.4) is 0 Å². The number of carbonyl (C=O) groups excluding carboxylic acids is 1. The van der Waals surface area contributed by atoms with Crippen LogP contribution in [0.4, 0.5) is 0 Å². The zero-order valence-corrected chi connectivity index (χ0v) is 16.7. The minimum absolute atomic E-state index is 0.00936. The molecule has 5 nitrogen and oxygen atoms in total. The molecule has 2 aliphatic heterocycles. The molecule has 2 heterocycles. The summed E-state index contributed by atoms with van der Waals surface area (Å²) in [5, 5.41) is 9.91. The number of carbonyl (C=O) groups is 1. The topological polar surface area (TPSA) is 65.7 Å². The first-order valence-corrected chi connectivity index (χ1v) is 10.2. The number of amidine groups is 1. The van der Waals surface area contributed by atoms with Crippen LogP contribution in [0.5, 0.6) is 0 Å². The first-order valence-electron chi connectivity index (χ1n) is 10.2. The number of aliphatic imine (C=N–C) groups is 1. The van der Waals surface area contributed by atoms with Crippen LogP contribution in [0.2, 0.25) is 0 Å². The second kappa shape index (κ2) is 8.18. The van der Waals surface area contributed by atoms with E-state index in [0.717, 1.165) is 41.8 Å². The Balaban J connectivity index is 1.69. The van der Waals surface area contributed by atoms with E-state index in [2.05, 4.69) is 13.0 Å². The molecule has 29 heavy (non-hydrogen) atoms. The number of hydrogen-bond acceptors (Lipinski definition) is 4. The van der Waals surface area contributed by atoms with Crippen LogP contribution in [0, 0.1) is 11.3 Å². The fourth-order valence-electron chi connectivity index (χ4n) is 4.12. The Morgan fingerprint density at radius 1 is 1.21 bits per heavy atom. The molecule has 0 saturated carbocycles. The van der Waals surface area contributed by atoms with Crippen molar-refractivity contribution in [2.45, 2.75) is 44.7 Å². The molecule has 0 aromatic heterocycles. The van der Waals surface area contributed by atoms with E-state index >= 15 is 0 Å². The zero-order valence-electron chi connectivity index (χ0n) is 16.7. The molecule has 0 N–H and O–H groups in total. The molecule has 0 aliphatic carbocycles. The average Bonchev–Trinajstić information content (AvgIpc) is 3.33. The van der Waals surface area contributed by atoms with Gasteiger partial charge in [0.05, 0.1) is 18.7 Å². The number of rotatable bonds is 6. The summed E-state index contributed by atoms with van der Waals surface area (Å²) in [5.41, 5.74) is 2.60. The van der Waals surface area contributed by atoms with Gasteiger partial charge in [-0.1, -0.05) is 61.9 Å². The maximum absolute atomic E-state index is 13.3. The molecule has 2 aromatic carbocycles. The summed E-state index contributed by atoms with van der Waals surface area (Å²) in [6, 6.07) is 18.1. The normalized spacial score (nSPS) is 20.9. The minimum atomic E-state index is -0.757. The third-order valence-electron chi connectivity index (χ3n) is 5.73. The molecular weight excluding hydrogens is 362 g/mol. The molecule has 1 unspecified atom stereocenters. The SMILES string of the molecule is CCCCC1=NC2(CCOC2)C(=O)N1Cc1cccc(-c2ccccc2)c1C#N. The lowest BCUT2D eigenvalue weighted by Crippen LogP contribution is -2.42. The molecule has 1 atom stereocenters. The summed E-state index contributed by atoms with van der Waals surface area (Å²) in [5.74, 6) is 0.839. The molecule has 148 valence electrons. The lowest BCUT2D eigenvalue weighted by atomic mass is 9.95.